The number of hydrogen-bond acceptors (Lipinski definition) is 4. The van der Waals surface area contributed by atoms with E-state index in [1.807, 2.05) is 26.2 Å². The van der Waals surface area contributed by atoms with E-state index in [1.54, 1.807) is 11.3 Å². The van der Waals surface area contributed by atoms with Crippen molar-refractivity contribution in [3.8, 4) is 0 Å². The van der Waals surface area contributed by atoms with E-state index in [2.05, 4.69) is 15.3 Å². The third-order valence-corrected chi connectivity index (χ3v) is 5.35. The first-order valence-electron chi connectivity index (χ1n) is 7.81. The Balaban J connectivity index is 1.85. The first-order valence-corrected chi connectivity index (χ1v) is 8.69. The topological polar surface area (TPSA) is 74.8 Å². The zero-order valence-electron chi connectivity index (χ0n) is 13.8. The number of thiazole rings is 1. The largest absolute Gasteiger partial charge is 0.354 e. The number of nitrogens with zero attached hydrogens (tertiary/aromatic N) is 1. The van der Waals surface area contributed by atoms with E-state index in [0.29, 0.717) is 17.2 Å². The molecule has 2 N–H and O–H groups in total. The van der Waals surface area contributed by atoms with Crippen LogP contribution in [0.25, 0.3) is 0 Å². The second-order valence-electron chi connectivity index (χ2n) is 6.30. The smallest absolute Gasteiger partial charge is 0.268 e. The number of aromatic nitrogens is 2. The fourth-order valence-electron chi connectivity index (χ4n) is 3.04. The average Bonchev–Trinajstić information content (AvgIpc) is 3.15. The SMILES string of the molecule is CC(=O)c1c(C)[nH]c(C(=O)N[C@H](c2nc(C)cs2)C2CC2)c1C. The van der Waals surface area contributed by atoms with Gasteiger partial charge in [-0.2, -0.15) is 0 Å². The molecule has 1 aliphatic rings. The maximum absolute atomic E-state index is 12.7. The van der Waals surface area contributed by atoms with Gasteiger partial charge in [0.05, 0.1) is 6.04 Å². The van der Waals surface area contributed by atoms with Crippen molar-refractivity contribution in [2.45, 2.75) is 46.6 Å². The number of hydrogen-bond donors (Lipinski definition) is 2. The lowest BCUT2D eigenvalue weighted by Gasteiger charge is -2.15. The van der Waals surface area contributed by atoms with Crippen molar-refractivity contribution in [3.05, 3.63) is 38.6 Å². The predicted molar refractivity (Wildman–Crippen MR) is 90.1 cm³/mol. The summed E-state index contributed by atoms with van der Waals surface area (Å²) in [5.74, 6) is 0.278. The van der Waals surface area contributed by atoms with Crippen LogP contribution in [0.4, 0.5) is 0 Å². The zero-order chi connectivity index (χ0) is 16.7. The second-order valence-corrected chi connectivity index (χ2v) is 7.19. The second kappa shape index (κ2) is 5.92. The Bertz CT molecular complexity index is 771. The van der Waals surface area contributed by atoms with E-state index in [0.717, 1.165) is 34.8 Å². The van der Waals surface area contributed by atoms with Crippen molar-refractivity contribution in [1.29, 1.82) is 0 Å². The standard InChI is InChI=1S/C17H21N3O2S/c1-8-7-23-17(18-8)15(12-5-6-12)20-16(22)14-9(2)13(11(4)21)10(3)19-14/h7,12,15,19H,5-6H2,1-4H3,(H,20,22)/t15-/m0/s1. The molecule has 0 bridgehead atoms. The van der Waals surface area contributed by atoms with Crippen molar-refractivity contribution in [3.63, 3.8) is 0 Å². The van der Waals surface area contributed by atoms with E-state index in [4.69, 9.17) is 0 Å². The number of H-pyrrole nitrogens is 1. The number of rotatable bonds is 5. The minimum absolute atomic E-state index is 0.0235. The third kappa shape index (κ3) is 3.08. The van der Waals surface area contributed by atoms with Gasteiger partial charge in [-0.3, -0.25) is 9.59 Å². The highest BCUT2D eigenvalue weighted by atomic mass is 32.1. The molecule has 2 heterocycles. The van der Waals surface area contributed by atoms with E-state index >= 15 is 0 Å². The van der Waals surface area contributed by atoms with Gasteiger partial charge in [0.15, 0.2) is 5.78 Å². The molecule has 0 aliphatic heterocycles. The molecule has 6 heteroatoms. The molecule has 23 heavy (non-hydrogen) atoms. The molecule has 1 fully saturated rings. The van der Waals surface area contributed by atoms with Crippen LogP contribution in [0, 0.1) is 26.7 Å². The summed E-state index contributed by atoms with van der Waals surface area (Å²) < 4.78 is 0. The van der Waals surface area contributed by atoms with Gasteiger partial charge in [-0.25, -0.2) is 4.98 Å². The molecule has 122 valence electrons. The number of amides is 1. The number of carbonyl (C=O) groups is 2. The summed E-state index contributed by atoms with van der Waals surface area (Å²) in [6.07, 6.45) is 2.23. The monoisotopic (exact) mass is 331 g/mol. The molecule has 2 aromatic heterocycles. The van der Waals surface area contributed by atoms with Gasteiger partial charge >= 0.3 is 0 Å². The van der Waals surface area contributed by atoms with Gasteiger partial charge in [0.1, 0.15) is 10.7 Å². The quantitative estimate of drug-likeness (QED) is 0.824. The summed E-state index contributed by atoms with van der Waals surface area (Å²) in [6, 6.07) is -0.0371. The predicted octanol–water partition coefficient (Wildman–Crippen LogP) is 3.48. The number of aryl methyl sites for hydroxylation is 2. The summed E-state index contributed by atoms with van der Waals surface area (Å²) in [4.78, 5) is 32.0. The molecule has 0 aromatic carbocycles. The molecule has 5 nitrogen and oxygen atoms in total. The summed E-state index contributed by atoms with van der Waals surface area (Å²) >= 11 is 1.59. The van der Waals surface area contributed by atoms with Crippen LogP contribution in [0.3, 0.4) is 0 Å². The van der Waals surface area contributed by atoms with E-state index in [9.17, 15) is 9.59 Å². The van der Waals surface area contributed by atoms with Gasteiger partial charge in [-0.1, -0.05) is 0 Å². The van der Waals surface area contributed by atoms with Crippen molar-refractivity contribution in [2.75, 3.05) is 0 Å². The molecule has 2 aromatic rings. The van der Waals surface area contributed by atoms with Crippen LogP contribution in [-0.4, -0.2) is 21.7 Å². The van der Waals surface area contributed by atoms with E-state index < -0.39 is 0 Å². The Morgan fingerprint density at radius 2 is 2.04 bits per heavy atom. The molecule has 0 radical (unpaired) electrons. The van der Waals surface area contributed by atoms with Crippen LogP contribution < -0.4 is 5.32 Å². The number of carbonyl (C=O) groups excluding carboxylic acids is 2. The van der Waals surface area contributed by atoms with Crippen LogP contribution in [0.15, 0.2) is 5.38 Å². The maximum Gasteiger partial charge on any atom is 0.268 e. The minimum atomic E-state index is -0.164. The molecule has 0 spiro atoms. The number of Topliss-reactive ketones (excluding diaryl/α,β-unsaturated/α-hetero) is 1. The Labute approximate surface area is 139 Å². The third-order valence-electron chi connectivity index (χ3n) is 4.30. The molecule has 1 atom stereocenters. The average molecular weight is 331 g/mol. The highest BCUT2D eigenvalue weighted by Crippen LogP contribution is 2.42. The highest BCUT2D eigenvalue weighted by molar-refractivity contribution is 7.09. The van der Waals surface area contributed by atoms with Gasteiger partial charge < -0.3 is 10.3 Å². The lowest BCUT2D eigenvalue weighted by atomic mass is 10.1. The van der Waals surface area contributed by atoms with Crippen LogP contribution in [0.2, 0.25) is 0 Å². The molecule has 1 amide bonds. The summed E-state index contributed by atoms with van der Waals surface area (Å²) in [6.45, 7) is 7.12. The van der Waals surface area contributed by atoms with Crippen LogP contribution >= 0.6 is 11.3 Å². The van der Waals surface area contributed by atoms with Crippen molar-refractivity contribution in [1.82, 2.24) is 15.3 Å². The molecular weight excluding hydrogens is 310 g/mol. The highest BCUT2D eigenvalue weighted by Gasteiger charge is 2.36. The van der Waals surface area contributed by atoms with Gasteiger partial charge in [0.2, 0.25) is 0 Å². The fraction of sp³-hybridized carbons (Fsp3) is 0.471. The number of nitrogens with one attached hydrogen (secondary N) is 2. The summed E-state index contributed by atoms with van der Waals surface area (Å²) in [5, 5.41) is 6.08. The Morgan fingerprint density at radius 1 is 1.35 bits per heavy atom. The van der Waals surface area contributed by atoms with E-state index in [-0.39, 0.29) is 17.7 Å². The van der Waals surface area contributed by atoms with Gasteiger partial charge in [0, 0.05) is 22.3 Å². The molecule has 0 saturated heterocycles. The molecule has 1 aliphatic carbocycles. The van der Waals surface area contributed by atoms with Crippen molar-refractivity contribution >= 4 is 23.0 Å². The maximum atomic E-state index is 12.7. The van der Waals surface area contributed by atoms with Gasteiger partial charge in [0.25, 0.3) is 5.91 Å². The Kier molecular flexibility index (Phi) is 4.10. The van der Waals surface area contributed by atoms with Crippen LogP contribution in [0.1, 0.15) is 68.6 Å². The summed E-state index contributed by atoms with van der Waals surface area (Å²) in [5.41, 5.74) is 3.54. The molecule has 1 saturated carbocycles. The first kappa shape index (κ1) is 15.9. The number of aromatic amines is 1. The summed E-state index contributed by atoms with van der Waals surface area (Å²) in [7, 11) is 0. The zero-order valence-corrected chi connectivity index (χ0v) is 14.6. The Hall–Kier alpha value is -1.95. The normalized spacial score (nSPS) is 15.5. The van der Waals surface area contributed by atoms with Gasteiger partial charge in [-0.05, 0) is 52.0 Å². The minimum Gasteiger partial charge on any atom is -0.354 e. The lowest BCUT2D eigenvalue weighted by molar-refractivity contribution is 0.0926. The first-order chi connectivity index (χ1) is 10.9. The van der Waals surface area contributed by atoms with Crippen LogP contribution in [0.5, 0.6) is 0 Å². The lowest BCUT2D eigenvalue weighted by Crippen LogP contribution is -2.30. The van der Waals surface area contributed by atoms with Gasteiger partial charge in [-0.15, -0.1) is 11.3 Å². The Morgan fingerprint density at radius 3 is 2.52 bits per heavy atom. The van der Waals surface area contributed by atoms with Crippen LogP contribution in [-0.2, 0) is 0 Å². The van der Waals surface area contributed by atoms with Crippen molar-refractivity contribution < 1.29 is 9.59 Å². The number of ketones is 1. The molecule has 0 unspecified atom stereocenters. The molecule has 3 rings (SSSR count). The van der Waals surface area contributed by atoms with Crippen molar-refractivity contribution in [2.24, 2.45) is 5.92 Å². The molecular formula is C17H21N3O2S. The van der Waals surface area contributed by atoms with E-state index in [1.165, 1.54) is 6.92 Å². The fourth-order valence-corrected chi connectivity index (χ4v) is 3.98.